The Hall–Kier alpha value is -1.44. The Labute approximate surface area is 117 Å². The van der Waals surface area contributed by atoms with Crippen molar-refractivity contribution in [2.45, 2.75) is 36.1 Å². The van der Waals surface area contributed by atoms with Crippen LogP contribution in [-0.4, -0.2) is 53.5 Å². The van der Waals surface area contributed by atoms with Gasteiger partial charge >= 0.3 is 6.03 Å². The van der Waals surface area contributed by atoms with Crippen LogP contribution in [0.25, 0.3) is 0 Å². The highest BCUT2D eigenvalue weighted by molar-refractivity contribution is 7.91. The standard InChI is InChI=1S/C12H18N4O3S/c1-15(2)12(17)16-7-13-11(14-16)20(18,19)10-6-8-3-4-9(10)5-8/h7-10H,3-6H2,1-2H3/t8-,9+,10+/m0/s1. The molecule has 1 aromatic rings. The van der Waals surface area contributed by atoms with Gasteiger partial charge in [-0.2, -0.15) is 4.68 Å². The number of nitrogens with zero attached hydrogens (tertiary/aromatic N) is 4. The van der Waals surface area contributed by atoms with Crippen LogP contribution in [0.4, 0.5) is 4.79 Å². The van der Waals surface area contributed by atoms with Gasteiger partial charge in [-0.3, -0.25) is 0 Å². The third kappa shape index (κ3) is 2.02. The normalized spacial score (nSPS) is 28.8. The molecule has 110 valence electrons. The molecule has 1 aromatic heterocycles. The molecule has 0 unspecified atom stereocenters. The predicted octanol–water partition coefficient (Wildman–Crippen LogP) is 0.770. The average Bonchev–Trinajstić information content (AvgIpc) is 3.13. The maximum absolute atomic E-state index is 12.6. The molecule has 1 amide bonds. The monoisotopic (exact) mass is 298 g/mol. The number of aromatic nitrogens is 3. The van der Waals surface area contributed by atoms with Gasteiger partial charge in [0, 0.05) is 14.1 Å². The maximum atomic E-state index is 12.6. The lowest BCUT2D eigenvalue weighted by Gasteiger charge is -2.19. The van der Waals surface area contributed by atoms with Crippen molar-refractivity contribution in [3.63, 3.8) is 0 Å². The highest BCUT2D eigenvalue weighted by Crippen LogP contribution is 2.48. The molecule has 0 N–H and O–H groups in total. The van der Waals surface area contributed by atoms with E-state index in [1.54, 1.807) is 14.1 Å². The Morgan fingerprint density at radius 1 is 1.35 bits per heavy atom. The van der Waals surface area contributed by atoms with E-state index in [4.69, 9.17) is 0 Å². The summed E-state index contributed by atoms with van der Waals surface area (Å²) >= 11 is 0. The molecule has 3 rings (SSSR count). The van der Waals surface area contributed by atoms with Crippen molar-refractivity contribution >= 4 is 15.9 Å². The van der Waals surface area contributed by atoms with Crippen LogP contribution in [0.15, 0.2) is 11.5 Å². The van der Waals surface area contributed by atoms with E-state index >= 15 is 0 Å². The molecule has 3 atom stereocenters. The number of rotatable bonds is 2. The van der Waals surface area contributed by atoms with Gasteiger partial charge in [-0.05, 0) is 31.1 Å². The van der Waals surface area contributed by atoms with Crippen LogP contribution in [-0.2, 0) is 9.84 Å². The third-order valence-corrected chi connectivity index (χ3v) is 6.45. The van der Waals surface area contributed by atoms with Gasteiger partial charge in [0.05, 0.1) is 5.25 Å². The first-order valence-corrected chi connectivity index (χ1v) is 8.31. The van der Waals surface area contributed by atoms with Gasteiger partial charge in [0.25, 0.3) is 5.16 Å². The molecule has 0 aliphatic heterocycles. The molecule has 2 aliphatic carbocycles. The summed E-state index contributed by atoms with van der Waals surface area (Å²) in [6.07, 6.45) is 5.00. The van der Waals surface area contributed by atoms with E-state index in [0.29, 0.717) is 12.3 Å². The molecule has 7 nitrogen and oxygen atoms in total. The number of amides is 1. The zero-order valence-electron chi connectivity index (χ0n) is 11.6. The topological polar surface area (TPSA) is 85.2 Å². The Morgan fingerprint density at radius 2 is 2.10 bits per heavy atom. The molecule has 20 heavy (non-hydrogen) atoms. The molecule has 0 radical (unpaired) electrons. The molecule has 0 spiro atoms. The Kier molecular flexibility index (Phi) is 3.07. The quantitative estimate of drug-likeness (QED) is 0.805. The van der Waals surface area contributed by atoms with Crippen molar-refractivity contribution in [1.82, 2.24) is 19.7 Å². The summed E-state index contributed by atoms with van der Waals surface area (Å²) in [5.41, 5.74) is 0. The average molecular weight is 298 g/mol. The summed E-state index contributed by atoms with van der Waals surface area (Å²) in [5.74, 6) is 0.770. The fraction of sp³-hybridized carbons (Fsp3) is 0.750. The summed E-state index contributed by atoms with van der Waals surface area (Å²) in [6.45, 7) is 0. The first kappa shape index (κ1) is 13.5. The largest absolute Gasteiger partial charge is 0.345 e. The van der Waals surface area contributed by atoms with Crippen LogP contribution in [0, 0.1) is 11.8 Å². The minimum Gasteiger partial charge on any atom is -0.329 e. The van der Waals surface area contributed by atoms with Crippen LogP contribution in [0.3, 0.4) is 0 Å². The molecule has 2 aliphatic rings. The van der Waals surface area contributed by atoms with Crippen molar-refractivity contribution in [3.8, 4) is 0 Å². The van der Waals surface area contributed by atoms with Crippen LogP contribution in [0.2, 0.25) is 0 Å². The van der Waals surface area contributed by atoms with Crippen LogP contribution in [0.1, 0.15) is 25.7 Å². The lowest BCUT2D eigenvalue weighted by molar-refractivity contribution is 0.215. The third-order valence-electron chi connectivity index (χ3n) is 4.38. The number of carbonyl (C=O) groups excluding carboxylic acids is 1. The zero-order chi connectivity index (χ0) is 14.5. The number of sulfone groups is 1. The molecule has 8 heteroatoms. The number of hydrogen-bond acceptors (Lipinski definition) is 5. The smallest absolute Gasteiger partial charge is 0.329 e. The van der Waals surface area contributed by atoms with Crippen molar-refractivity contribution in [2.75, 3.05) is 14.1 Å². The van der Waals surface area contributed by atoms with E-state index in [1.807, 2.05) is 0 Å². The SMILES string of the molecule is CN(C)C(=O)n1cnc(S(=O)(=O)[C@@H]2C[C@H]3CC[C@@H]2C3)n1. The van der Waals surface area contributed by atoms with Crippen LogP contribution < -0.4 is 0 Å². The van der Waals surface area contributed by atoms with Gasteiger partial charge < -0.3 is 4.90 Å². The highest BCUT2D eigenvalue weighted by atomic mass is 32.2. The first-order chi connectivity index (χ1) is 9.39. The number of fused-ring (bicyclic) bond motifs is 2. The maximum Gasteiger partial charge on any atom is 0.345 e. The van der Waals surface area contributed by atoms with Gasteiger partial charge in [0.15, 0.2) is 0 Å². The zero-order valence-corrected chi connectivity index (χ0v) is 12.4. The lowest BCUT2D eigenvalue weighted by Crippen LogP contribution is -2.30. The Balaban J connectivity index is 1.87. The van der Waals surface area contributed by atoms with Crippen molar-refractivity contribution in [2.24, 2.45) is 11.8 Å². The van der Waals surface area contributed by atoms with E-state index < -0.39 is 15.9 Å². The lowest BCUT2D eigenvalue weighted by atomic mass is 10.0. The molecule has 2 fully saturated rings. The molecular formula is C12H18N4O3S. The number of hydrogen-bond donors (Lipinski definition) is 0. The van der Waals surface area contributed by atoms with E-state index in [0.717, 1.165) is 23.9 Å². The van der Waals surface area contributed by atoms with Crippen molar-refractivity contribution in [1.29, 1.82) is 0 Å². The Bertz CT molecular complexity index is 637. The van der Waals surface area contributed by atoms with E-state index in [2.05, 4.69) is 10.1 Å². The predicted molar refractivity (Wildman–Crippen MR) is 70.9 cm³/mol. The van der Waals surface area contributed by atoms with Crippen LogP contribution in [0.5, 0.6) is 0 Å². The summed E-state index contributed by atoms with van der Waals surface area (Å²) in [4.78, 5) is 16.9. The second-order valence-corrected chi connectivity index (χ2v) is 7.97. The second-order valence-electron chi connectivity index (χ2n) is 5.91. The second kappa shape index (κ2) is 4.54. The number of carbonyl (C=O) groups is 1. The van der Waals surface area contributed by atoms with Crippen LogP contribution >= 0.6 is 0 Å². The minimum atomic E-state index is -3.52. The molecule has 0 aromatic carbocycles. The van der Waals surface area contributed by atoms with Gasteiger partial charge in [-0.15, -0.1) is 5.10 Å². The van der Waals surface area contributed by atoms with E-state index in [9.17, 15) is 13.2 Å². The van der Waals surface area contributed by atoms with E-state index in [-0.39, 0.29) is 16.3 Å². The van der Waals surface area contributed by atoms with Gasteiger partial charge in [0.1, 0.15) is 6.33 Å². The first-order valence-electron chi connectivity index (χ1n) is 6.77. The van der Waals surface area contributed by atoms with Gasteiger partial charge in [0.2, 0.25) is 9.84 Å². The molecular weight excluding hydrogens is 280 g/mol. The molecule has 1 heterocycles. The van der Waals surface area contributed by atoms with E-state index in [1.165, 1.54) is 11.2 Å². The fourth-order valence-corrected chi connectivity index (χ4v) is 5.32. The Morgan fingerprint density at radius 3 is 2.65 bits per heavy atom. The van der Waals surface area contributed by atoms with Crippen molar-refractivity contribution < 1.29 is 13.2 Å². The van der Waals surface area contributed by atoms with Crippen molar-refractivity contribution in [3.05, 3.63) is 6.33 Å². The highest BCUT2D eigenvalue weighted by Gasteiger charge is 2.47. The van der Waals surface area contributed by atoms with Gasteiger partial charge in [-0.1, -0.05) is 6.42 Å². The summed E-state index contributed by atoms with van der Waals surface area (Å²) in [6, 6.07) is -0.410. The molecule has 0 saturated heterocycles. The summed E-state index contributed by atoms with van der Waals surface area (Å²) in [7, 11) is -0.367. The summed E-state index contributed by atoms with van der Waals surface area (Å²) in [5, 5.41) is 3.27. The molecule has 2 bridgehead atoms. The minimum absolute atomic E-state index is 0.217. The fourth-order valence-electron chi connectivity index (χ4n) is 3.38. The molecule has 2 saturated carbocycles. The summed E-state index contributed by atoms with van der Waals surface area (Å²) < 4.78 is 26.1. The van der Waals surface area contributed by atoms with Gasteiger partial charge in [-0.25, -0.2) is 18.2 Å².